The van der Waals surface area contributed by atoms with Crippen LogP contribution in [0.1, 0.15) is 31.9 Å². The van der Waals surface area contributed by atoms with Gasteiger partial charge < -0.3 is 4.74 Å². The van der Waals surface area contributed by atoms with E-state index in [1.54, 1.807) is 12.1 Å². The van der Waals surface area contributed by atoms with Gasteiger partial charge in [0, 0.05) is 4.47 Å². The first-order valence-corrected chi connectivity index (χ1v) is 8.00. The molecule has 0 saturated carbocycles. The maximum absolute atomic E-state index is 12.9. The lowest BCUT2D eigenvalue weighted by Crippen LogP contribution is -2.11. The van der Waals surface area contributed by atoms with Crippen LogP contribution in [0.2, 0.25) is 5.02 Å². The molecule has 0 bridgehead atoms. The van der Waals surface area contributed by atoms with Crippen LogP contribution < -0.4 is 4.74 Å². The molecule has 0 radical (unpaired) electrons. The Morgan fingerprint density at radius 2 is 1.48 bits per heavy atom. The summed E-state index contributed by atoms with van der Waals surface area (Å²) >= 11 is 9.07. The summed E-state index contributed by atoms with van der Waals surface area (Å²) in [7, 11) is 0. The predicted molar refractivity (Wildman–Crippen MR) is 89.4 cm³/mol. The molecule has 0 aliphatic rings. The van der Waals surface area contributed by atoms with Crippen molar-refractivity contribution in [3.8, 4) is 11.5 Å². The van der Waals surface area contributed by atoms with Crippen LogP contribution >= 0.6 is 27.5 Å². The summed E-state index contributed by atoms with van der Waals surface area (Å²) in [5, 5.41) is -0.353. The molecule has 0 spiro atoms. The van der Waals surface area contributed by atoms with Gasteiger partial charge in [-0.2, -0.15) is 13.2 Å². The Labute approximate surface area is 146 Å². The lowest BCUT2D eigenvalue weighted by molar-refractivity contribution is -0.137. The number of benzene rings is 2. The molecule has 2 aromatic rings. The molecule has 0 saturated heterocycles. The van der Waals surface area contributed by atoms with Gasteiger partial charge in [-0.05, 0) is 41.3 Å². The van der Waals surface area contributed by atoms with Crippen molar-refractivity contribution in [1.82, 2.24) is 0 Å². The van der Waals surface area contributed by atoms with Crippen molar-refractivity contribution in [2.24, 2.45) is 0 Å². The predicted octanol–water partition coefficient (Wildman–Crippen LogP) is 7.21. The zero-order chi connectivity index (χ0) is 17.4. The largest absolute Gasteiger partial charge is 0.457 e. The van der Waals surface area contributed by atoms with Gasteiger partial charge in [0.15, 0.2) is 0 Å². The van der Waals surface area contributed by atoms with Crippen LogP contribution in [0.5, 0.6) is 11.5 Å². The van der Waals surface area contributed by atoms with Crippen molar-refractivity contribution in [2.75, 3.05) is 0 Å². The van der Waals surface area contributed by atoms with E-state index < -0.39 is 11.7 Å². The SMILES string of the molecule is CC(C)(C)c1ccc(Oc2ccc(Cl)c(C(F)(F)F)c2)cc1Br. The smallest absolute Gasteiger partial charge is 0.417 e. The zero-order valence-corrected chi connectivity index (χ0v) is 15.1. The Balaban J connectivity index is 2.32. The number of hydrogen-bond acceptors (Lipinski definition) is 1. The van der Waals surface area contributed by atoms with E-state index in [4.69, 9.17) is 16.3 Å². The third kappa shape index (κ3) is 4.42. The van der Waals surface area contributed by atoms with E-state index in [1.165, 1.54) is 12.1 Å². The molecule has 124 valence electrons. The highest BCUT2D eigenvalue weighted by molar-refractivity contribution is 9.10. The van der Waals surface area contributed by atoms with Gasteiger partial charge in [0.2, 0.25) is 0 Å². The standard InChI is InChI=1S/C17H15BrClF3O/c1-16(2,3)12-6-4-11(9-14(12)18)23-10-5-7-15(19)13(8-10)17(20,21)22/h4-9H,1-3H3. The highest BCUT2D eigenvalue weighted by Gasteiger charge is 2.33. The molecule has 2 aromatic carbocycles. The summed E-state index contributed by atoms with van der Waals surface area (Å²) in [4.78, 5) is 0. The van der Waals surface area contributed by atoms with Crippen molar-refractivity contribution in [1.29, 1.82) is 0 Å². The van der Waals surface area contributed by atoms with E-state index in [-0.39, 0.29) is 16.2 Å². The minimum atomic E-state index is -4.52. The average Bonchev–Trinajstić information content (AvgIpc) is 2.38. The molecule has 0 amide bonds. The van der Waals surface area contributed by atoms with Crippen LogP contribution in [0.4, 0.5) is 13.2 Å². The second kappa shape index (κ2) is 6.36. The van der Waals surface area contributed by atoms with E-state index in [0.717, 1.165) is 16.1 Å². The van der Waals surface area contributed by atoms with Crippen molar-refractivity contribution in [3.05, 3.63) is 57.0 Å². The number of halogens is 5. The minimum absolute atomic E-state index is 0.0545. The first-order valence-electron chi connectivity index (χ1n) is 6.83. The van der Waals surface area contributed by atoms with Crippen molar-refractivity contribution < 1.29 is 17.9 Å². The van der Waals surface area contributed by atoms with E-state index in [1.807, 2.05) is 6.07 Å². The summed E-state index contributed by atoms with van der Waals surface area (Å²) in [6.07, 6.45) is -4.52. The molecule has 0 aliphatic heterocycles. The van der Waals surface area contributed by atoms with Gasteiger partial charge in [-0.15, -0.1) is 0 Å². The molecule has 1 nitrogen and oxygen atoms in total. The van der Waals surface area contributed by atoms with E-state index in [0.29, 0.717) is 5.75 Å². The monoisotopic (exact) mass is 406 g/mol. The van der Waals surface area contributed by atoms with Crippen LogP contribution in [-0.4, -0.2) is 0 Å². The van der Waals surface area contributed by atoms with E-state index in [2.05, 4.69) is 36.7 Å². The number of rotatable bonds is 2. The fourth-order valence-electron chi connectivity index (χ4n) is 2.09. The Morgan fingerprint density at radius 1 is 0.913 bits per heavy atom. The van der Waals surface area contributed by atoms with Gasteiger partial charge in [0.25, 0.3) is 0 Å². The summed E-state index contributed by atoms with van der Waals surface area (Å²) in [6, 6.07) is 8.84. The molecule has 0 N–H and O–H groups in total. The van der Waals surface area contributed by atoms with Crippen LogP contribution in [0.3, 0.4) is 0 Å². The molecule has 0 unspecified atom stereocenters. The van der Waals surface area contributed by atoms with Crippen molar-refractivity contribution in [2.45, 2.75) is 32.4 Å². The van der Waals surface area contributed by atoms with Crippen molar-refractivity contribution >= 4 is 27.5 Å². The highest BCUT2D eigenvalue weighted by atomic mass is 79.9. The lowest BCUT2D eigenvalue weighted by Gasteiger charge is -2.21. The summed E-state index contributed by atoms with van der Waals surface area (Å²) in [5.41, 5.74) is 0.111. The Morgan fingerprint density at radius 3 is 2.00 bits per heavy atom. The van der Waals surface area contributed by atoms with Gasteiger partial charge >= 0.3 is 6.18 Å². The van der Waals surface area contributed by atoms with E-state index in [9.17, 15) is 13.2 Å². The summed E-state index contributed by atoms with van der Waals surface area (Å²) in [5.74, 6) is 0.525. The number of ether oxygens (including phenoxy) is 1. The molecular weight excluding hydrogens is 393 g/mol. The molecule has 0 atom stereocenters. The second-order valence-electron chi connectivity index (χ2n) is 6.13. The molecule has 6 heteroatoms. The Bertz CT molecular complexity index is 721. The topological polar surface area (TPSA) is 9.23 Å². The molecular formula is C17H15BrClF3O. The zero-order valence-electron chi connectivity index (χ0n) is 12.8. The van der Waals surface area contributed by atoms with Crippen molar-refractivity contribution in [3.63, 3.8) is 0 Å². The van der Waals surface area contributed by atoms with Crippen LogP contribution in [-0.2, 0) is 11.6 Å². The fourth-order valence-corrected chi connectivity index (χ4v) is 3.27. The first-order chi connectivity index (χ1) is 10.5. The fraction of sp³-hybridized carbons (Fsp3) is 0.294. The highest BCUT2D eigenvalue weighted by Crippen LogP contribution is 2.38. The second-order valence-corrected chi connectivity index (χ2v) is 7.39. The Kier molecular flexibility index (Phi) is 5.02. The van der Waals surface area contributed by atoms with E-state index >= 15 is 0 Å². The molecule has 0 aromatic heterocycles. The minimum Gasteiger partial charge on any atom is -0.457 e. The quantitative estimate of drug-likeness (QED) is 0.511. The first kappa shape index (κ1) is 18.1. The molecule has 2 rings (SSSR count). The van der Waals surface area contributed by atoms with Gasteiger partial charge in [0.05, 0.1) is 10.6 Å². The maximum atomic E-state index is 12.9. The Hall–Kier alpha value is -1.20. The van der Waals surface area contributed by atoms with Crippen LogP contribution in [0.25, 0.3) is 0 Å². The van der Waals surface area contributed by atoms with Gasteiger partial charge in [-0.3, -0.25) is 0 Å². The maximum Gasteiger partial charge on any atom is 0.417 e. The van der Waals surface area contributed by atoms with Gasteiger partial charge in [-0.1, -0.05) is 54.4 Å². The molecule has 23 heavy (non-hydrogen) atoms. The lowest BCUT2D eigenvalue weighted by atomic mass is 9.87. The summed E-state index contributed by atoms with van der Waals surface area (Å²) in [6.45, 7) is 6.22. The molecule has 0 heterocycles. The van der Waals surface area contributed by atoms with Gasteiger partial charge in [0.1, 0.15) is 11.5 Å². The number of alkyl halides is 3. The third-order valence-electron chi connectivity index (χ3n) is 3.23. The van der Waals surface area contributed by atoms with Gasteiger partial charge in [-0.25, -0.2) is 0 Å². The van der Waals surface area contributed by atoms with Crippen LogP contribution in [0, 0.1) is 0 Å². The summed E-state index contributed by atoms with van der Waals surface area (Å²) < 4.78 is 45.0. The molecule has 0 fully saturated rings. The van der Waals surface area contributed by atoms with Crippen LogP contribution in [0.15, 0.2) is 40.9 Å². The molecule has 0 aliphatic carbocycles. The average molecular weight is 408 g/mol. The normalized spacial score (nSPS) is 12.3. The number of hydrogen-bond donors (Lipinski definition) is 0. The third-order valence-corrected chi connectivity index (χ3v) is 4.21.